The molecule has 37 heavy (non-hydrogen) atoms. The van der Waals surface area contributed by atoms with Gasteiger partial charge >= 0.3 is 0 Å². The Morgan fingerprint density at radius 3 is 2.05 bits per heavy atom. The normalized spacial score (nSPS) is 34.9. The maximum absolute atomic E-state index is 9.72. The predicted octanol–water partition coefficient (Wildman–Crippen LogP) is 9.23. The summed E-state index contributed by atoms with van der Waals surface area (Å²) < 4.78 is 22.0. The summed E-state index contributed by atoms with van der Waals surface area (Å²) >= 11 is 0. The molecule has 2 saturated carbocycles. The highest BCUT2D eigenvalue weighted by Gasteiger charge is 2.67. The van der Waals surface area contributed by atoms with E-state index in [1.165, 1.54) is 19.3 Å². The van der Waals surface area contributed by atoms with Gasteiger partial charge < -0.3 is 13.6 Å². The second-order valence-electron chi connectivity index (χ2n) is 15.4. The van der Waals surface area contributed by atoms with Gasteiger partial charge in [0.25, 0.3) is 0 Å². The summed E-state index contributed by atoms with van der Waals surface area (Å²) in [5.74, 6) is 0.544. The molecule has 0 N–H and O–H groups in total. The average Bonchev–Trinajstić information content (AvgIpc) is 3.54. The van der Waals surface area contributed by atoms with E-state index in [-0.39, 0.29) is 28.6 Å². The molecule has 3 aliphatic rings. The zero-order valence-electron chi connectivity index (χ0n) is 26.4. The molecule has 0 spiro atoms. The van der Waals surface area contributed by atoms with Crippen molar-refractivity contribution in [2.45, 2.75) is 173 Å². The summed E-state index contributed by atoms with van der Waals surface area (Å²) in [4.78, 5) is 0. The molecule has 3 rings (SSSR count). The van der Waals surface area contributed by atoms with Crippen molar-refractivity contribution >= 4 is 16.6 Å². The second kappa shape index (κ2) is 11.0. The van der Waals surface area contributed by atoms with Gasteiger partial charge in [-0.2, -0.15) is 5.26 Å². The van der Waals surface area contributed by atoms with Crippen LogP contribution in [0.3, 0.4) is 0 Å². The zero-order chi connectivity index (χ0) is 28.0. The minimum atomic E-state index is -2.14. The molecule has 6 heteroatoms. The van der Waals surface area contributed by atoms with E-state index in [9.17, 15) is 5.26 Å². The van der Waals surface area contributed by atoms with Gasteiger partial charge in [0.1, 0.15) is 0 Å². The first-order valence-corrected chi connectivity index (χ1v) is 21.0. The summed E-state index contributed by atoms with van der Waals surface area (Å²) in [6.07, 6.45) is 9.31. The van der Waals surface area contributed by atoms with E-state index in [0.717, 1.165) is 32.1 Å². The van der Waals surface area contributed by atoms with Crippen molar-refractivity contribution in [3.8, 4) is 6.07 Å². The fourth-order valence-corrected chi connectivity index (χ4v) is 16.0. The minimum Gasteiger partial charge on any atom is -0.411 e. The maximum atomic E-state index is 9.72. The minimum absolute atomic E-state index is 0.0220. The standard InChI is InChI=1S/C31H59NO3Si2/c1-22(2)37(23(3)4,24(5)6)34-30-17-14-13-15-26(30)19-27-28(33-27)29(8,9)31(21-30,35-36(10,11)12)18-16-25(7)20-32/h22-28H,13-19,21H2,1-12H3/t25?,26-,27-,28-,30+,31+/m0/s1. The second-order valence-corrected chi connectivity index (χ2v) is 25.2. The molecule has 6 atom stereocenters. The van der Waals surface area contributed by atoms with Crippen LogP contribution in [0.4, 0.5) is 0 Å². The van der Waals surface area contributed by atoms with Gasteiger partial charge in [0.2, 0.25) is 8.32 Å². The number of hydrogen-bond acceptors (Lipinski definition) is 4. The van der Waals surface area contributed by atoms with Crippen LogP contribution in [0.15, 0.2) is 0 Å². The molecular formula is C31H59NO3Si2. The van der Waals surface area contributed by atoms with Gasteiger partial charge in [-0.05, 0) is 81.2 Å². The first-order valence-electron chi connectivity index (χ1n) is 15.4. The van der Waals surface area contributed by atoms with Crippen molar-refractivity contribution in [1.82, 2.24) is 0 Å². The summed E-state index contributed by atoms with van der Waals surface area (Å²) in [6.45, 7) is 28.4. The first-order chi connectivity index (χ1) is 17.0. The van der Waals surface area contributed by atoms with E-state index >= 15 is 0 Å². The predicted molar refractivity (Wildman–Crippen MR) is 160 cm³/mol. The Morgan fingerprint density at radius 2 is 1.54 bits per heavy atom. The summed E-state index contributed by atoms with van der Waals surface area (Å²) in [5.41, 5.74) is 0.996. The van der Waals surface area contributed by atoms with Crippen molar-refractivity contribution in [1.29, 1.82) is 5.26 Å². The lowest BCUT2D eigenvalue weighted by Crippen LogP contribution is -2.65. The molecule has 214 valence electrons. The molecule has 1 unspecified atom stereocenters. The van der Waals surface area contributed by atoms with Gasteiger partial charge in [0, 0.05) is 17.8 Å². The van der Waals surface area contributed by atoms with Gasteiger partial charge in [-0.25, -0.2) is 0 Å². The van der Waals surface area contributed by atoms with Crippen molar-refractivity contribution in [2.24, 2.45) is 17.3 Å². The van der Waals surface area contributed by atoms with Crippen LogP contribution >= 0.6 is 0 Å². The number of epoxide rings is 1. The van der Waals surface area contributed by atoms with Crippen molar-refractivity contribution < 1.29 is 13.6 Å². The van der Waals surface area contributed by atoms with E-state index < -0.39 is 16.6 Å². The van der Waals surface area contributed by atoms with E-state index in [1.54, 1.807) is 0 Å². The Hall–Kier alpha value is -0.196. The third kappa shape index (κ3) is 5.97. The SMILES string of the molecule is CC(C#N)CC[C@@]1(O[Si](C)(C)C)C[C@]2(O[Si](C(C)C)(C(C)C)C(C)C)CCCC[C@H]2C[C@@H]2O[C@@H]2C1(C)C. The van der Waals surface area contributed by atoms with Crippen LogP contribution in [0, 0.1) is 28.6 Å². The van der Waals surface area contributed by atoms with Crippen LogP contribution in [0.1, 0.15) is 114 Å². The summed E-state index contributed by atoms with van der Waals surface area (Å²) in [6, 6.07) is 2.51. The van der Waals surface area contributed by atoms with Crippen LogP contribution in [-0.2, 0) is 13.6 Å². The van der Waals surface area contributed by atoms with Crippen LogP contribution in [0.25, 0.3) is 0 Å². The van der Waals surface area contributed by atoms with Crippen molar-refractivity contribution in [3.63, 3.8) is 0 Å². The lowest BCUT2D eigenvalue weighted by molar-refractivity contribution is -0.153. The van der Waals surface area contributed by atoms with Crippen LogP contribution in [-0.4, -0.2) is 40.0 Å². The molecule has 3 fully saturated rings. The smallest absolute Gasteiger partial charge is 0.201 e. The van der Waals surface area contributed by atoms with Crippen LogP contribution in [0.2, 0.25) is 36.3 Å². The maximum Gasteiger partial charge on any atom is 0.201 e. The van der Waals surface area contributed by atoms with Gasteiger partial charge in [-0.1, -0.05) is 68.2 Å². The van der Waals surface area contributed by atoms with E-state index in [4.69, 9.17) is 13.6 Å². The molecule has 4 nitrogen and oxygen atoms in total. The highest BCUT2D eigenvalue weighted by atomic mass is 28.4. The fourth-order valence-electron chi connectivity index (χ4n) is 8.66. The Bertz CT molecular complexity index is 808. The summed E-state index contributed by atoms with van der Waals surface area (Å²) in [7, 11) is -4.07. The van der Waals surface area contributed by atoms with Gasteiger partial charge in [-0.3, -0.25) is 0 Å². The number of nitriles is 1. The Morgan fingerprint density at radius 1 is 0.946 bits per heavy atom. The molecular weight excluding hydrogens is 491 g/mol. The van der Waals surface area contributed by atoms with E-state index in [2.05, 4.69) is 88.0 Å². The molecule has 2 aliphatic carbocycles. The number of ether oxygens (including phenoxy) is 1. The molecule has 0 aromatic rings. The molecule has 0 amide bonds. The van der Waals surface area contributed by atoms with Gasteiger partial charge in [0.15, 0.2) is 8.32 Å². The highest BCUT2D eigenvalue weighted by molar-refractivity contribution is 6.77. The third-order valence-corrected chi connectivity index (χ3v) is 17.7. The molecule has 1 heterocycles. The summed E-state index contributed by atoms with van der Waals surface area (Å²) in [5, 5.41) is 9.72. The largest absolute Gasteiger partial charge is 0.411 e. The molecule has 0 aromatic carbocycles. The average molecular weight is 550 g/mol. The van der Waals surface area contributed by atoms with E-state index in [1.807, 2.05) is 0 Å². The molecule has 1 saturated heterocycles. The molecule has 0 bridgehead atoms. The Kier molecular flexibility index (Phi) is 9.31. The van der Waals surface area contributed by atoms with E-state index in [0.29, 0.717) is 28.6 Å². The Labute approximate surface area is 231 Å². The number of nitrogens with zero attached hydrogens (tertiary/aromatic N) is 1. The lowest BCUT2D eigenvalue weighted by atomic mass is 9.58. The topological polar surface area (TPSA) is 54.8 Å². The van der Waals surface area contributed by atoms with Crippen LogP contribution in [0.5, 0.6) is 0 Å². The molecule has 1 aliphatic heterocycles. The fraction of sp³-hybridized carbons (Fsp3) is 0.968. The van der Waals surface area contributed by atoms with Crippen molar-refractivity contribution in [3.05, 3.63) is 0 Å². The first kappa shape index (κ1) is 31.3. The zero-order valence-corrected chi connectivity index (χ0v) is 28.4. The van der Waals surface area contributed by atoms with Crippen molar-refractivity contribution in [2.75, 3.05) is 0 Å². The Balaban J connectivity index is 2.22. The quantitative estimate of drug-likeness (QED) is 0.201. The van der Waals surface area contributed by atoms with Gasteiger partial charge in [-0.15, -0.1) is 0 Å². The monoisotopic (exact) mass is 549 g/mol. The molecule has 0 aromatic heterocycles. The number of hydrogen-bond donors (Lipinski definition) is 0. The third-order valence-electron chi connectivity index (χ3n) is 10.5. The van der Waals surface area contributed by atoms with Crippen LogP contribution < -0.4 is 0 Å². The number of rotatable bonds is 10. The lowest BCUT2D eigenvalue weighted by Gasteiger charge is -2.60. The highest BCUT2D eigenvalue weighted by Crippen LogP contribution is 2.62. The van der Waals surface area contributed by atoms with Gasteiger partial charge in [0.05, 0.1) is 29.5 Å². The number of fused-ring (bicyclic) bond motifs is 2. The molecule has 0 radical (unpaired) electrons.